The lowest BCUT2D eigenvalue weighted by Crippen LogP contribution is -2.19. The Kier molecular flexibility index (Phi) is 3.35. The molecule has 82 valence electrons. The zero-order chi connectivity index (χ0) is 11.5. The van der Waals surface area contributed by atoms with Crippen LogP contribution in [0, 0.1) is 0 Å². The smallest absolute Gasteiger partial charge is 0.316 e. The van der Waals surface area contributed by atoms with Gasteiger partial charge in [-0.1, -0.05) is 32.9 Å². The molecule has 1 aromatic carbocycles. The zero-order valence-corrected chi connectivity index (χ0v) is 9.50. The second-order valence-electron chi connectivity index (χ2n) is 4.30. The van der Waals surface area contributed by atoms with E-state index in [1.54, 1.807) is 0 Å². The number of urea groups is 1. The molecule has 0 aliphatic heterocycles. The summed E-state index contributed by atoms with van der Waals surface area (Å²) in [6, 6.07) is 7.26. The Bertz CT molecular complexity index is 341. The number of anilines is 1. The Morgan fingerprint density at radius 2 is 1.87 bits per heavy atom. The van der Waals surface area contributed by atoms with Crippen LogP contribution in [0.25, 0.3) is 0 Å². The quantitative estimate of drug-likeness (QED) is 0.785. The standard InChI is InChI=1S/C12H18N2O/c1-4-12(2,3)9-5-7-10(8-6-9)14-11(13)15/h5-8H,4H2,1-3H3,(H3,13,14,15). The lowest BCUT2D eigenvalue weighted by Gasteiger charge is -2.23. The van der Waals surface area contributed by atoms with E-state index in [2.05, 4.69) is 26.1 Å². The first kappa shape index (κ1) is 11.6. The van der Waals surface area contributed by atoms with Gasteiger partial charge in [-0.25, -0.2) is 4.79 Å². The predicted molar refractivity (Wildman–Crippen MR) is 63.0 cm³/mol. The van der Waals surface area contributed by atoms with Crippen LogP contribution in [-0.4, -0.2) is 6.03 Å². The van der Waals surface area contributed by atoms with Crippen molar-refractivity contribution in [3.05, 3.63) is 29.8 Å². The van der Waals surface area contributed by atoms with Crippen molar-refractivity contribution in [1.29, 1.82) is 0 Å². The van der Waals surface area contributed by atoms with Gasteiger partial charge in [0.15, 0.2) is 0 Å². The third-order valence-corrected chi connectivity index (χ3v) is 2.82. The molecule has 0 aliphatic rings. The maximum absolute atomic E-state index is 10.6. The van der Waals surface area contributed by atoms with Crippen molar-refractivity contribution < 1.29 is 4.79 Å². The topological polar surface area (TPSA) is 55.1 Å². The molecular formula is C12H18N2O. The van der Waals surface area contributed by atoms with Crippen molar-refractivity contribution in [3.8, 4) is 0 Å². The van der Waals surface area contributed by atoms with Gasteiger partial charge in [-0.2, -0.15) is 0 Å². The van der Waals surface area contributed by atoms with Crippen molar-refractivity contribution in [3.63, 3.8) is 0 Å². The number of benzene rings is 1. The minimum Gasteiger partial charge on any atom is -0.351 e. The van der Waals surface area contributed by atoms with Gasteiger partial charge in [0.1, 0.15) is 0 Å². The SMILES string of the molecule is CCC(C)(C)c1ccc(NC(N)=O)cc1. The molecule has 3 N–H and O–H groups in total. The van der Waals surface area contributed by atoms with Gasteiger partial charge in [0.05, 0.1) is 0 Å². The molecule has 0 aliphatic carbocycles. The second-order valence-corrected chi connectivity index (χ2v) is 4.30. The summed E-state index contributed by atoms with van der Waals surface area (Å²) in [5, 5.41) is 2.54. The Labute approximate surface area is 90.7 Å². The van der Waals surface area contributed by atoms with E-state index in [0.717, 1.165) is 12.1 Å². The first-order chi connectivity index (χ1) is 6.95. The average molecular weight is 206 g/mol. The minimum absolute atomic E-state index is 0.172. The van der Waals surface area contributed by atoms with Gasteiger partial charge in [0.2, 0.25) is 0 Å². The van der Waals surface area contributed by atoms with Crippen LogP contribution in [0.3, 0.4) is 0 Å². The van der Waals surface area contributed by atoms with E-state index in [1.807, 2.05) is 24.3 Å². The van der Waals surface area contributed by atoms with Gasteiger partial charge in [0, 0.05) is 5.69 Å². The lowest BCUT2D eigenvalue weighted by atomic mass is 9.82. The van der Waals surface area contributed by atoms with E-state index in [-0.39, 0.29) is 5.41 Å². The highest BCUT2D eigenvalue weighted by molar-refractivity contribution is 5.87. The molecule has 2 amide bonds. The van der Waals surface area contributed by atoms with E-state index in [9.17, 15) is 4.79 Å². The second kappa shape index (κ2) is 4.34. The number of nitrogens with one attached hydrogen (secondary N) is 1. The predicted octanol–water partition coefficient (Wildman–Crippen LogP) is 2.86. The number of amides is 2. The van der Waals surface area contributed by atoms with Gasteiger partial charge in [-0.05, 0) is 29.5 Å². The maximum atomic E-state index is 10.6. The number of primary amides is 1. The Balaban J connectivity index is 2.85. The van der Waals surface area contributed by atoms with E-state index < -0.39 is 6.03 Å². The van der Waals surface area contributed by atoms with E-state index in [4.69, 9.17) is 5.73 Å². The molecule has 3 nitrogen and oxygen atoms in total. The number of hydrogen-bond donors (Lipinski definition) is 2. The number of carbonyl (C=O) groups excluding carboxylic acids is 1. The molecule has 0 unspecified atom stereocenters. The third-order valence-electron chi connectivity index (χ3n) is 2.82. The number of nitrogens with two attached hydrogens (primary N) is 1. The maximum Gasteiger partial charge on any atom is 0.316 e. The Hall–Kier alpha value is -1.51. The molecular weight excluding hydrogens is 188 g/mol. The van der Waals surface area contributed by atoms with Crippen molar-refractivity contribution in [2.45, 2.75) is 32.6 Å². The monoisotopic (exact) mass is 206 g/mol. The molecule has 1 aromatic rings. The van der Waals surface area contributed by atoms with Crippen LogP contribution in [-0.2, 0) is 5.41 Å². The fraction of sp³-hybridized carbons (Fsp3) is 0.417. The first-order valence-electron chi connectivity index (χ1n) is 5.12. The van der Waals surface area contributed by atoms with Crippen LogP contribution in [0.4, 0.5) is 10.5 Å². The summed E-state index contributed by atoms with van der Waals surface area (Å²) in [4.78, 5) is 10.6. The van der Waals surface area contributed by atoms with Crippen LogP contribution >= 0.6 is 0 Å². The fourth-order valence-electron chi connectivity index (χ4n) is 1.35. The van der Waals surface area contributed by atoms with Crippen LogP contribution in [0.1, 0.15) is 32.8 Å². The van der Waals surface area contributed by atoms with E-state index in [0.29, 0.717) is 0 Å². The van der Waals surface area contributed by atoms with Gasteiger partial charge in [0.25, 0.3) is 0 Å². The van der Waals surface area contributed by atoms with Crippen molar-refractivity contribution in [1.82, 2.24) is 0 Å². The van der Waals surface area contributed by atoms with Crippen molar-refractivity contribution in [2.75, 3.05) is 5.32 Å². The van der Waals surface area contributed by atoms with Crippen LogP contribution in [0.5, 0.6) is 0 Å². The van der Waals surface area contributed by atoms with Gasteiger partial charge >= 0.3 is 6.03 Å². The van der Waals surface area contributed by atoms with Crippen LogP contribution in [0.15, 0.2) is 24.3 Å². The zero-order valence-electron chi connectivity index (χ0n) is 9.50. The molecule has 0 heterocycles. The van der Waals surface area contributed by atoms with Gasteiger partial charge in [-0.3, -0.25) is 0 Å². The summed E-state index contributed by atoms with van der Waals surface area (Å²) in [6.45, 7) is 6.56. The summed E-state index contributed by atoms with van der Waals surface area (Å²) >= 11 is 0. The summed E-state index contributed by atoms with van der Waals surface area (Å²) in [7, 11) is 0. The van der Waals surface area contributed by atoms with E-state index in [1.165, 1.54) is 5.56 Å². The van der Waals surface area contributed by atoms with E-state index >= 15 is 0 Å². The highest BCUT2D eigenvalue weighted by Crippen LogP contribution is 2.27. The Morgan fingerprint density at radius 3 is 2.27 bits per heavy atom. The van der Waals surface area contributed by atoms with Gasteiger partial charge in [-0.15, -0.1) is 0 Å². The van der Waals surface area contributed by atoms with Gasteiger partial charge < -0.3 is 11.1 Å². The fourth-order valence-corrected chi connectivity index (χ4v) is 1.35. The molecule has 0 atom stereocenters. The highest BCUT2D eigenvalue weighted by Gasteiger charge is 2.17. The number of rotatable bonds is 3. The minimum atomic E-state index is -0.530. The molecule has 0 saturated heterocycles. The highest BCUT2D eigenvalue weighted by atomic mass is 16.2. The average Bonchev–Trinajstić information content (AvgIpc) is 2.18. The molecule has 0 spiro atoms. The summed E-state index contributed by atoms with van der Waals surface area (Å²) < 4.78 is 0. The lowest BCUT2D eigenvalue weighted by molar-refractivity contribution is 0.259. The largest absolute Gasteiger partial charge is 0.351 e. The molecule has 0 radical (unpaired) electrons. The Morgan fingerprint density at radius 1 is 1.33 bits per heavy atom. The summed E-state index contributed by atoms with van der Waals surface area (Å²) in [5.41, 5.74) is 7.19. The molecule has 0 aromatic heterocycles. The first-order valence-corrected chi connectivity index (χ1v) is 5.12. The summed E-state index contributed by atoms with van der Waals surface area (Å²) in [6.07, 6.45) is 1.08. The van der Waals surface area contributed by atoms with Crippen LogP contribution in [0.2, 0.25) is 0 Å². The molecule has 1 rings (SSSR count). The third kappa shape index (κ3) is 2.98. The molecule has 3 heteroatoms. The number of hydrogen-bond acceptors (Lipinski definition) is 1. The molecule has 0 bridgehead atoms. The van der Waals surface area contributed by atoms with Crippen molar-refractivity contribution in [2.24, 2.45) is 5.73 Å². The number of carbonyl (C=O) groups is 1. The molecule has 0 saturated carbocycles. The van der Waals surface area contributed by atoms with Crippen molar-refractivity contribution >= 4 is 11.7 Å². The molecule has 15 heavy (non-hydrogen) atoms. The summed E-state index contributed by atoms with van der Waals surface area (Å²) in [5.74, 6) is 0. The van der Waals surface area contributed by atoms with Crippen LogP contribution < -0.4 is 11.1 Å². The normalized spacial score (nSPS) is 11.1. The molecule has 0 fully saturated rings.